The zero-order valence-electron chi connectivity index (χ0n) is 18.0. The van der Waals surface area contributed by atoms with E-state index >= 15 is 0 Å². The summed E-state index contributed by atoms with van der Waals surface area (Å²) in [6.45, 7) is 5.25. The Labute approximate surface area is 177 Å². The summed E-state index contributed by atoms with van der Waals surface area (Å²) in [5, 5.41) is 3.54. The number of alkyl halides is 3. The number of para-hydroxylation sites is 1. The SMILES string of the molecule is COc1ccccc1C(C)N(C)C(=O)CCc1c(C)nc2nc(C(F)(F)F)nn2c1C. The molecule has 1 aromatic carbocycles. The fourth-order valence-electron chi connectivity index (χ4n) is 3.53. The molecule has 7 nitrogen and oxygen atoms in total. The number of fused-ring (bicyclic) bond motifs is 1. The molecule has 0 radical (unpaired) electrons. The van der Waals surface area contributed by atoms with Crippen molar-refractivity contribution in [3.8, 4) is 5.75 Å². The first-order valence-corrected chi connectivity index (χ1v) is 9.73. The molecule has 3 aromatic rings. The number of aromatic nitrogens is 4. The monoisotopic (exact) mass is 435 g/mol. The number of benzene rings is 1. The van der Waals surface area contributed by atoms with E-state index in [9.17, 15) is 18.0 Å². The lowest BCUT2D eigenvalue weighted by molar-refractivity contribution is -0.144. The maximum atomic E-state index is 12.9. The van der Waals surface area contributed by atoms with Crippen molar-refractivity contribution in [2.75, 3.05) is 14.2 Å². The number of aryl methyl sites for hydroxylation is 2. The highest BCUT2D eigenvalue weighted by molar-refractivity contribution is 5.77. The number of hydrogen-bond donors (Lipinski definition) is 0. The van der Waals surface area contributed by atoms with Gasteiger partial charge in [-0.3, -0.25) is 4.79 Å². The summed E-state index contributed by atoms with van der Waals surface area (Å²) < 4.78 is 45.3. The Balaban J connectivity index is 1.79. The fraction of sp³-hybridized carbons (Fsp3) is 0.429. The first-order chi connectivity index (χ1) is 14.5. The molecular weight excluding hydrogens is 411 g/mol. The van der Waals surface area contributed by atoms with Crippen LogP contribution in [0.2, 0.25) is 0 Å². The van der Waals surface area contributed by atoms with Gasteiger partial charge in [-0.1, -0.05) is 18.2 Å². The summed E-state index contributed by atoms with van der Waals surface area (Å²) in [5.41, 5.74) is 2.58. The Kier molecular flexibility index (Phi) is 6.19. The van der Waals surface area contributed by atoms with Gasteiger partial charge in [0.25, 0.3) is 11.6 Å². The molecule has 31 heavy (non-hydrogen) atoms. The molecule has 3 rings (SSSR count). The van der Waals surface area contributed by atoms with Gasteiger partial charge >= 0.3 is 6.18 Å². The smallest absolute Gasteiger partial charge is 0.453 e. The lowest BCUT2D eigenvalue weighted by Gasteiger charge is -2.27. The zero-order chi connectivity index (χ0) is 22.9. The molecule has 2 heterocycles. The normalized spacial score (nSPS) is 12.8. The quantitative estimate of drug-likeness (QED) is 0.587. The maximum Gasteiger partial charge on any atom is 0.453 e. The van der Waals surface area contributed by atoms with E-state index in [4.69, 9.17) is 4.74 Å². The van der Waals surface area contributed by atoms with Crippen LogP contribution in [-0.2, 0) is 17.4 Å². The molecule has 0 aliphatic rings. The lowest BCUT2D eigenvalue weighted by Crippen LogP contribution is -2.30. The van der Waals surface area contributed by atoms with Crippen LogP contribution in [0, 0.1) is 13.8 Å². The van der Waals surface area contributed by atoms with E-state index in [1.54, 1.807) is 32.9 Å². The molecule has 166 valence electrons. The van der Waals surface area contributed by atoms with E-state index in [1.807, 2.05) is 31.2 Å². The van der Waals surface area contributed by atoms with Gasteiger partial charge in [-0.25, -0.2) is 9.50 Å². The van der Waals surface area contributed by atoms with Crippen molar-refractivity contribution in [1.82, 2.24) is 24.5 Å². The third-order valence-corrected chi connectivity index (χ3v) is 5.45. The molecule has 0 aliphatic carbocycles. The highest BCUT2D eigenvalue weighted by Gasteiger charge is 2.37. The van der Waals surface area contributed by atoms with Gasteiger partial charge in [0.15, 0.2) is 0 Å². The van der Waals surface area contributed by atoms with Crippen LogP contribution in [0.1, 0.15) is 47.7 Å². The second-order valence-electron chi connectivity index (χ2n) is 7.33. The van der Waals surface area contributed by atoms with E-state index < -0.39 is 12.0 Å². The Bertz CT molecular complexity index is 1110. The van der Waals surface area contributed by atoms with E-state index in [1.165, 1.54) is 0 Å². The Hall–Kier alpha value is -3.17. The molecule has 1 unspecified atom stereocenters. The minimum atomic E-state index is -4.65. The molecule has 1 atom stereocenters. The molecule has 0 aliphatic heterocycles. The van der Waals surface area contributed by atoms with Crippen LogP contribution in [0.3, 0.4) is 0 Å². The van der Waals surface area contributed by atoms with Crippen molar-refractivity contribution in [2.24, 2.45) is 0 Å². The Morgan fingerprint density at radius 2 is 1.90 bits per heavy atom. The number of amides is 1. The van der Waals surface area contributed by atoms with Gasteiger partial charge in [0.1, 0.15) is 5.75 Å². The fourth-order valence-corrected chi connectivity index (χ4v) is 3.53. The van der Waals surface area contributed by atoms with Gasteiger partial charge < -0.3 is 9.64 Å². The van der Waals surface area contributed by atoms with Crippen LogP contribution < -0.4 is 4.74 Å². The van der Waals surface area contributed by atoms with E-state index in [0.717, 1.165) is 10.1 Å². The molecule has 0 spiro atoms. The molecule has 0 N–H and O–H groups in total. The van der Waals surface area contributed by atoms with Crippen LogP contribution >= 0.6 is 0 Å². The molecular formula is C21H24F3N5O2. The van der Waals surface area contributed by atoms with Crippen LogP contribution in [-0.4, -0.2) is 44.5 Å². The largest absolute Gasteiger partial charge is 0.496 e. The van der Waals surface area contributed by atoms with Gasteiger partial charge in [0.05, 0.1) is 13.2 Å². The standard InChI is InChI=1S/C21H24F3N5O2/c1-12-15(14(3)29-20(25-12)26-19(27-29)21(22,23)24)10-11-18(30)28(4)13(2)16-8-6-7-9-17(16)31-5/h6-9,13H,10-11H2,1-5H3. The highest BCUT2D eigenvalue weighted by atomic mass is 19.4. The second kappa shape index (κ2) is 8.52. The summed E-state index contributed by atoms with van der Waals surface area (Å²) in [6, 6.07) is 7.28. The van der Waals surface area contributed by atoms with Crippen molar-refractivity contribution in [3.63, 3.8) is 0 Å². The third kappa shape index (κ3) is 4.47. The second-order valence-corrected chi connectivity index (χ2v) is 7.33. The molecule has 0 saturated heterocycles. The van der Waals surface area contributed by atoms with Crippen molar-refractivity contribution in [3.05, 3.63) is 52.6 Å². The summed E-state index contributed by atoms with van der Waals surface area (Å²) in [5.74, 6) is -0.755. The topological polar surface area (TPSA) is 72.6 Å². The van der Waals surface area contributed by atoms with Crippen LogP contribution in [0.5, 0.6) is 5.75 Å². The van der Waals surface area contributed by atoms with Gasteiger partial charge in [-0.05, 0) is 38.8 Å². The number of carbonyl (C=O) groups excluding carboxylic acids is 1. The zero-order valence-corrected chi connectivity index (χ0v) is 18.0. The van der Waals surface area contributed by atoms with E-state index in [0.29, 0.717) is 29.1 Å². The predicted molar refractivity (Wildman–Crippen MR) is 108 cm³/mol. The Morgan fingerprint density at radius 1 is 1.23 bits per heavy atom. The summed E-state index contributed by atoms with van der Waals surface area (Å²) in [6.07, 6.45) is -4.16. The summed E-state index contributed by atoms with van der Waals surface area (Å²) >= 11 is 0. The first-order valence-electron chi connectivity index (χ1n) is 9.73. The number of carbonyl (C=O) groups is 1. The number of rotatable bonds is 6. The number of methoxy groups -OCH3 is 1. The molecule has 1 amide bonds. The van der Waals surface area contributed by atoms with Gasteiger partial charge in [0, 0.05) is 30.4 Å². The number of halogens is 3. The van der Waals surface area contributed by atoms with Gasteiger partial charge in [0.2, 0.25) is 5.91 Å². The summed E-state index contributed by atoms with van der Waals surface area (Å²) in [4.78, 5) is 22.1. The van der Waals surface area contributed by atoms with Crippen molar-refractivity contribution in [2.45, 2.75) is 45.8 Å². The van der Waals surface area contributed by atoms with Crippen molar-refractivity contribution < 1.29 is 22.7 Å². The molecule has 2 aromatic heterocycles. The highest BCUT2D eigenvalue weighted by Crippen LogP contribution is 2.29. The number of hydrogen-bond acceptors (Lipinski definition) is 5. The first kappa shape index (κ1) is 22.5. The molecule has 0 bridgehead atoms. The van der Waals surface area contributed by atoms with Crippen LogP contribution in [0.15, 0.2) is 24.3 Å². The number of nitrogens with zero attached hydrogens (tertiary/aromatic N) is 5. The van der Waals surface area contributed by atoms with E-state index in [2.05, 4.69) is 15.1 Å². The van der Waals surface area contributed by atoms with Gasteiger partial charge in [-0.2, -0.15) is 18.2 Å². The molecule has 0 fully saturated rings. The average molecular weight is 435 g/mol. The number of ether oxygens (including phenoxy) is 1. The minimum absolute atomic E-state index is 0.105. The minimum Gasteiger partial charge on any atom is -0.496 e. The van der Waals surface area contributed by atoms with Crippen LogP contribution in [0.4, 0.5) is 13.2 Å². The van der Waals surface area contributed by atoms with Crippen molar-refractivity contribution >= 4 is 11.7 Å². The van der Waals surface area contributed by atoms with Crippen molar-refractivity contribution in [1.29, 1.82) is 0 Å². The Morgan fingerprint density at radius 3 is 2.55 bits per heavy atom. The van der Waals surface area contributed by atoms with Gasteiger partial charge in [-0.15, -0.1) is 5.10 Å². The average Bonchev–Trinajstić information content (AvgIpc) is 3.17. The molecule has 10 heteroatoms. The van der Waals surface area contributed by atoms with Crippen LogP contribution in [0.25, 0.3) is 5.78 Å². The maximum absolute atomic E-state index is 12.9. The molecule has 0 saturated carbocycles. The lowest BCUT2D eigenvalue weighted by atomic mass is 10.0. The van der Waals surface area contributed by atoms with E-state index in [-0.39, 0.29) is 24.1 Å². The summed E-state index contributed by atoms with van der Waals surface area (Å²) in [7, 11) is 3.30. The predicted octanol–water partition coefficient (Wildman–Crippen LogP) is 3.92. The third-order valence-electron chi connectivity index (χ3n) is 5.45.